The van der Waals surface area contributed by atoms with Gasteiger partial charge in [0.15, 0.2) is 0 Å². The van der Waals surface area contributed by atoms with Gasteiger partial charge in [0.05, 0.1) is 0 Å². The zero-order chi connectivity index (χ0) is 21.2. The van der Waals surface area contributed by atoms with Gasteiger partial charge in [0.25, 0.3) is 0 Å². The van der Waals surface area contributed by atoms with E-state index in [-0.39, 0.29) is 0 Å². The van der Waals surface area contributed by atoms with Crippen LogP contribution in [-0.4, -0.2) is 0 Å². The van der Waals surface area contributed by atoms with E-state index < -0.39 is 0 Å². The third kappa shape index (κ3) is 17.8. The fraction of sp³-hybridized carbons (Fsp3) is 0.571. The third-order valence-corrected chi connectivity index (χ3v) is 5.05. The molecule has 0 aromatic carbocycles. The Hall–Kier alpha value is -1.56. The van der Waals surface area contributed by atoms with Crippen LogP contribution in [0.5, 0.6) is 0 Å². The molecule has 0 fully saturated rings. The van der Waals surface area contributed by atoms with Gasteiger partial charge in [0, 0.05) is 0 Å². The van der Waals surface area contributed by atoms with Gasteiger partial charge in [-0.05, 0) is 106 Å². The molecule has 0 heteroatoms. The maximum atomic E-state index is 3.79. The Morgan fingerprint density at radius 3 is 1.14 bits per heavy atom. The molecule has 0 N–H and O–H groups in total. The molecule has 0 aliphatic rings. The first kappa shape index (κ1) is 26.4. The molecule has 0 radical (unpaired) electrons. The lowest BCUT2D eigenvalue weighted by Gasteiger charge is -2.02. The average Bonchev–Trinajstić information content (AvgIpc) is 2.63. The van der Waals surface area contributed by atoms with Crippen LogP contribution in [0.4, 0.5) is 0 Å². The molecule has 0 saturated carbocycles. The monoisotopic (exact) mass is 382 g/mol. The van der Waals surface area contributed by atoms with Gasteiger partial charge in [0.2, 0.25) is 0 Å². The lowest BCUT2D eigenvalue weighted by atomic mass is 10.0. The molecule has 158 valence electrons. The summed E-state index contributed by atoms with van der Waals surface area (Å²) in [5.74, 6) is 0. The predicted molar refractivity (Wildman–Crippen MR) is 131 cm³/mol. The Kier molecular flexibility index (Phi) is 16.6. The minimum absolute atomic E-state index is 1.09. The fourth-order valence-corrected chi connectivity index (χ4v) is 3.08. The number of allylic oxidation sites excluding steroid dienone is 11. The zero-order valence-electron chi connectivity index (χ0n) is 19.7. The van der Waals surface area contributed by atoms with Gasteiger partial charge in [-0.15, -0.1) is 6.58 Å². The molecule has 0 spiro atoms. The summed E-state index contributed by atoms with van der Waals surface area (Å²) in [6.07, 6.45) is 25.7. The SMILES string of the molecule is C=CCC/C(C)=C/CC/C(C)=C/CC/C=C(\C)CC/C=C(\C)CCC=C(C)C. The number of hydrogen-bond acceptors (Lipinski definition) is 0. The molecular formula is C28H46. The van der Waals surface area contributed by atoms with E-state index in [4.69, 9.17) is 0 Å². The van der Waals surface area contributed by atoms with Gasteiger partial charge in [0.1, 0.15) is 0 Å². The van der Waals surface area contributed by atoms with Crippen molar-refractivity contribution in [2.75, 3.05) is 0 Å². The van der Waals surface area contributed by atoms with Crippen molar-refractivity contribution in [2.45, 2.75) is 106 Å². The first-order chi connectivity index (χ1) is 13.3. The van der Waals surface area contributed by atoms with E-state index >= 15 is 0 Å². The summed E-state index contributed by atoms with van der Waals surface area (Å²) in [7, 11) is 0. The van der Waals surface area contributed by atoms with Crippen molar-refractivity contribution >= 4 is 0 Å². The van der Waals surface area contributed by atoms with Crippen molar-refractivity contribution in [3.63, 3.8) is 0 Å². The van der Waals surface area contributed by atoms with E-state index in [2.05, 4.69) is 78.5 Å². The molecule has 0 saturated heterocycles. The molecule has 0 aliphatic heterocycles. The van der Waals surface area contributed by atoms with Gasteiger partial charge in [-0.1, -0.05) is 64.3 Å². The molecule has 28 heavy (non-hydrogen) atoms. The van der Waals surface area contributed by atoms with Crippen molar-refractivity contribution in [3.8, 4) is 0 Å². The number of hydrogen-bond donors (Lipinski definition) is 0. The third-order valence-electron chi connectivity index (χ3n) is 5.05. The molecule has 0 nitrogen and oxygen atoms in total. The molecule has 0 unspecified atom stereocenters. The second kappa shape index (κ2) is 17.5. The Balaban J connectivity index is 4.02. The molecule has 0 bridgehead atoms. The number of unbranched alkanes of at least 4 members (excludes halogenated alkanes) is 1. The lowest BCUT2D eigenvalue weighted by Crippen LogP contribution is -1.82. The summed E-state index contributed by atoms with van der Waals surface area (Å²) in [4.78, 5) is 0. The van der Waals surface area contributed by atoms with Crippen LogP contribution in [0, 0.1) is 0 Å². The highest BCUT2D eigenvalue weighted by Gasteiger charge is 1.94. The summed E-state index contributed by atoms with van der Waals surface area (Å²) in [6.45, 7) is 17.2. The van der Waals surface area contributed by atoms with Crippen LogP contribution < -0.4 is 0 Å². The Morgan fingerprint density at radius 1 is 0.464 bits per heavy atom. The maximum absolute atomic E-state index is 3.79. The predicted octanol–water partition coefficient (Wildman–Crippen LogP) is 9.82. The fourth-order valence-electron chi connectivity index (χ4n) is 3.08. The highest BCUT2D eigenvalue weighted by molar-refractivity contribution is 5.07. The van der Waals surface area contributed by atoms with Gasteiger partial charge < -0.3 is 0 Å². The molecule has 0 aromatic heterocycles. The normalized spacial score (nSPS) is 13.6. The minimum Gasteiger partial charge on any atom is -0.103 e. The van der Waals surface area contributed by atoms with E-state index in [1.165, 1.54) is 79.2 Å². The van der Waals surface area contributed by atoms with Crippen LogP contribution in [0.2, 0.25) is 0 Å². The summed E-state index contributed by atoms with van der Waals surface area (Å²) in [5.41, 5.74) is 7.49. The Bertz CT molecular complexity index is 571. The van der Waals surface area contributed by atoms with E-state index in [9.17, 15) is 0 Å². The maximum Gasteiger partial charge on any atom is -0.0288 e. The van der Waals surface area contributed by atoms with E-state index in [0.29, 0.717) is 0 Å². The molecule has 0 rings (SSSR count). The molecule has 0 aliphatic carbocycles. The van der Waals surface area contributed by atoms with E-state index in [1.54, 1.807) is 0 Å². The smallest absolute Gasteiger partial charge is 0.0288 e. The molecule has 0 aromatic rings. The average molecular weight is 383 g/mol. The molecular weight excluding hydrogens is 336 g/mol. The van der Waals surface area contributed by atoms with Crippen molar-refractivity contribution in [1.82, 2.24) is 0 Å². The van der Waals surface area contributed by atoms with Gasteiger partial charge in [-0.3, -0.25) is 0 Å². The van der Waals surface area contributed by atoms with Crippen molar-refractivity contribution in [2.24, 2.45) is 0 Å². The number of rotatable bonds is 15. The largest absolute Gasteiger partial charge is 0.103 e. The van der Waals surface area contributed by atoms with Crippen molar-refractivity contribution < 1.29 is 0 Å². The van der Waals surface area contributed by atoms with Crippen LogP contribution in [0.1, 0.15) is 106 Å². The highest BCUT2D eigenvalue weighted by atomic mass is 14.0. The van der Waals surface area contributed by atoms with Crippen molar-refractivity contribution in [1.29, 1.82) is 0 Å². The minimum atomic E-state index is 1.09. The van der Waals surface area contributed by atoms with Gasteiger partial charge >= 0.3 is 0 Å². The topological polar surface area (TPSA) is 0 Å². The standard InChI is InChI=1S/C28H46/c1-8-9-16-25(4)20-13-21-26(5)17-10-11-18-27(6)22-14-23-28(7)19-12-15-24(2)3/h8,15,17-18,20,23H,1,9-14,16,19,21-22H2,2-7H3/b25-20+,26-17+,27-18+,28-23+. The molecule has 0 heterocycles. The molecule has 0 atom stereocenters. The first-order valence-electron chi connectivity index (χ1n) is 11.2. The second-order valence-electron chi connectivity index (χ2n) is 8.50. The quantitative estimate of drug-likeness (QED) is 0.195. The van der Waals surface area contributed by atoms with Crippen LogP contribution in [0.25, 0.3) is 0 Å². The van der Waals surface area contributed by atoms with Crippen LogP contribution in [-0.2, 0) is 0 Å². The summed E-state index contributed by atoms with van der Waals surface area (Å²) in [6, 6.07) is 0. The van der Waals surface area contributed by atoms with E-state index in [1.807, 2.05) is 6.08 Å². The first-order valence-corrected chi connectivity index (χ1v) is 11.2. The Morgan fingerprint density at radius 2 is 0.786 bits per heavy atom. The van der Waals surface area contributed by atoms with Crippen LogP contribution in [0.3, 0.4) is 0 Å². The summed E-state index contributed by atoms with van der Waals surface area (Å²) >= 11 is 0. The second-order valence-corrected chi connectivity index (χ2v) is 8.50. The summed E-state index contributed by atoms with van der Waals surface area (Å²) in [5, 5.41) is 0. The van der Waals surface area contributed by atoms with Gasteiger partial charge in [-0.25, -0.2) is 0 Å². The van der Waals surface area contributed by atoms with Gasteiger partial charge in [-0.2, -0.15) is 0 Å². The zero-order valence-corrected chi connectivity index (χ0v) is 19.7. The lowest BCUT2D eigenvalue weighted by molar-refractivity contribution is 0.897. The van der Waals surface area contributed by atoms with Crippen LogP contribution in [0.15, 0.2) is 70.9 Å². The summed E-state index contributed by atoms with van der Waals surface area (Å²) < 4.78 is 0. The van der Waals surface area contributed by atoms with Crippen LogP contribution >= 0.6 is 0 Å². The molecule has 0 amide bonds. The van der Waals surface area contributed by atoms with E-state index in [0.717, 1.165) is 12.8 Å². The Labute approximate surface area is 176 Å². The highest BCUT2D eigenvalue weighted by Crippen LogP contribution is 2.14. The van der Waals surface area contributed by atoms with Crippen molar-refractivity contribution in [3.05, 3.63) is 70.9 Å².